The normalized spacial score (nSPS) is 10.1. The van der Waals surface area contributed by atoms with Gasteiger partial charge in [-0.15, -0.1) is 0 Å². The molecule has 2 aromatic carbocycles. The average Bonchev–Trinajstić information content (AvgIpc) is 2.46. The lowest BCUT2D eigenvalue weighted by Gasteiger charge is -2.07. The number of rotatable bonds is 5. The van der Waals surface area contributed by atoms with Crippen molar-refractivity contribution in [2.24, 2.45) is 0 Å². The fourth-order valence-corrected chi connectivity index (χ4v) is 2.01. The van der Waals surface area contributed by atoms with Gasteiger partial charge in [-0.05, 0) is 24.3 Å². The molecule has 2 amide bonds. The van der Waals surface area contributed by atoms with E-state index in [0.29, 0.717) is 16.3 Å². The van der Waals surface area contributed by atoms with Gasteiger partial charge in [0.15, 0.2) is 0 Å². The Hall–Kier alpha value is -2.40. The average molecular weight is 321 g/mol. The van der Waals surface area contributed by atoms with Crippen molar-refractivity contribution in [1.82, 2.24) is 5.32 Å². The number of halogens is 2. The molecule has 0 radical (unpaired) electrons. The minimum Gasteiger partial charge on any atom is -0.351 e. The summed E-state index contributed by atoms with van der Waals surface area (Å²) in [6, 6.07) is 12.7. The maximum absolute atomic E-state index is 13.4. The van der Waals surface area contributed by atoms with E-state index < -0.39 is 17.6 Å². The highest BCUT2D eigenvalue weighted by Crippen LogP contribution is 2.15. The number of amides is 2. The Morgan fingerprint density at radius 2 is 1.82 bits per heavy atom. The van der Waals surface area contributed by atoms with E-state index in [4.69, 9.17) is 11.6 Å². The Morgan fingerprint density at radius 3 is 2.55 bits per heavy atom. The van der Waals surface area contributed by atoms with Crippen LogP contribution < -0.4 is 10.6 Å². The second kappa shape index (κ2) is 7.56. The standard InChI is InChI=1S/C16H14ClFN2O2/c17-12-5-3-6-13(8-12)20-16(22)9-15(21)19-10-11-4-1-2-7-14(11)18/h1-8H,9-10H2,(H,19,21)(H,20,22). The molecule has 0 saturated carbocycles. The predicted molar refractivity (Wildman–Crippen MR) is 82.9 cm³/mol. The summed E-state index contributed by atoms with van der Waals surface area (Å²) in [5.74, 6) is -1.35. The topological polar surface area (TPSA) is 58.2 Å². The van der Waals surface area contributed by atoms with Crippen LogP contribution in [0.5, 0.6) is 0 Å². The molecule has 2 rings (SSSR count). The Morgan fingerprint density at radius 1 is 1.05 bits per heavy atom. The third kappa shape index (κ3) is 4.86. The molecule has 0 saturated heterocycles. The molecule has 0 aliphatic rings. The molecule has 4 nitrogen and oxygen atoms in total. The first-order valence-electron chi connectivity index (χ1n) is 6.60. The van der Waals surface area contributed by atoms with Crippen molar-refractivity contribution >= 4 is 29.1 Å². The first-order chi connectivity index (χ1) is 10.5. The highest BCUT2D eigenvalue weighted by Gasteiger charge is 2.10. The van der Waals surface area contributed by atoms with Crippen molar-refractivity contribution in [1.29, 1.82) is 0 Å². The van der Waals surface area contributed by atoms with E-state index in [1.165, 1.54) is 6.07 Å². The van der Waals surface area contributed by atoms with Crippen LogP contribution in [-0.2, 0) is 16.1 Å². The summed E-state index contributed by atoms with van der Waals surface area (Å²) in [5.41, 5.74) is 0.880. The van der Waals surface area contributed by atoms with E-state index in [9.17, 15) is 14.0 Å². The molecule has 0 aromatic heterocycles. The molecule has 0 atom stereocenters. The lowest BCUT2D eigenvalue weighted by atomic mass is 10.2. The Kier molecular flexibility index (Phi) is 5.49. The monoisotopic (exact) mass is 320 g/mol. The lowest BCUT2D eigenvalue weighted by molar-refractivity contribution is -0.126. The van der Waals surface area contributed by atoms with Crippen molar-refractivity contribution in [3.8, 4) is 0 Å². The maximum Gasteiger partial charge on any atom is 0.233 e. The SMILES string of the molecule is O=C(CC(=O)Nc1cccc(Cl)c1)NCc1ccccc1F. The van der Waals surface area contributed by atoms with Crippen LogP contribution in [0.25, 0.3) is 0 Å². The minimum absolute atomic E-state index is 0.0377. The summed E-state index contributed by atoms with van der Waals surface area (Å²) in [6.07, 6.45) is -0.346. The summed E-state index contributed by atoms with van der Waals surface area (Å²) in [6.45, 7) is 0.0377. The van der Waals surface area contributed by atoms with E-state index >= 15 is 0 Å². The van der Waals surface area contributed by atoms with Crippen molar-refractivity contribution in [2.75, 3.05) is 5.32 Å². The van der Waals surface area contributed by atoms with Crippen LogP contribution >= 0.6 is 11.6 Å². The molecule has 114 valence electrons. The van der Waals surface area contributed by atoms with E-state index in [1.807, 2.05) is 0 Å². The number of nitrogens with one attached hydrogen (secondary N) is 2. The first kappa shape index (κ1) is 16.0. The predicted octanol–water partition coefficient (Wildman–Crippen LogP) is 3.12. The zero-order valence-corrected chi connectivity index (χ0v) is 12.4. The Bertz CT molecular complexity index is 691. The van der Waals surface area contributed by atoms with E-state index in [2.05, 4.69) is 10.6 Å². The molecule has 0 unspecified atom stereocenters. The molecule has 0 aliphatic heterocycles. The van der Waals surface area contributed by atoms with Gasteiger partial charge in [0.25, 0.3) is 0 Å². The number of hydrogen-bond acceptors (Lipinski definition) is 2. The molecule has 22 heavy (non-hydrogen) atoms. The highest BCUT2D eigenvalue weighted by molar-refractivity contribution is 6.30. The minimum atomic E-state index is -0.484. The van der Waals surface area contributed by atoms with Gasteiger partial charge in [-0.2, -0.15) is 0 Å². The van der Waals surface area contributed by atoms with Gasteiger partial charge in [-0.25, -0.2) is 4.39 Å². The van der Waals surface area contributed by atoms with Gasteiger partial charge in [-0.3, -0.25) is 9.59 Å². The zero-order valence-electron chi connectivity index (χ0n) is 11.6. The molecule has 2 aromatic rings. The summed E-state index contributed by atoms with van der Waals surface area (Å²) in [4.78, 5) is 23.4. The van der Waals surface area contributed by atoms with Crippen LogP contribution in [0.15, 0.2) is 48.5 Å². The van der Waals surface area contributed by atoms with Crippen molar-refractivity contribution < 1.29 is 14.0 Å². The molecule has 0 bridgehead atoms. The van der Waals surface area contributed by atoms with Gasteiger partial charge >= 0.3 is 0 Å². The molecule has 0 spiro atoms. The van der Waals surface area contributed by atoms with Crippen molar-refractivity contribution in [3.05, 3.63) is 64.9 Å². The molecule has 6 heteroatoms. The number of anilines is 1. The third-order valence-electron chi connectivity index (χ3n) is 2.86. The summed E-state index contributed by atoms with van der Waals surface area (Å²) in [7, 11) is 0. The molecular formula is C16H14ClFN2O2. The van der Waals surface area contributed by atoms with Crippen LogP contribution in [0.2, 0.25) is 5.02 Å². The fourth-order valence-electron chi connectivity index (χ4n) is 1.82. The van der Waals surface area contributed by atoms with Gasteiger partial charge in [0.1, 0.15) is 12.2 Å². The highest BCUT2D eigenvalue weighted by atomic mass is 35.5. The second-order valence-electron chi connectivity index (χ2n) is 4.60. The van der Waals surface area contributed by atoms with E-state index in [-0.39, 0.29) is 13.0 Å². The largest absolute Gasteiger partial charge is 0.351 e. The van der Waals surface area contributed by atoms with Gasteiger partial charge in [0.05, 0.1) is 0 Å². The van der Waals surface area contributed by atoms with E-state index in [0.717, 1.165) is 0 Å². The second-order valence-corrected chi connectivity index (χ2v) is 5.04. The molecule has 0 aliphatic carbocycles. The zero-order chi connectivity index (χ0) is 15.9. The summed E-state index contributed by atoms with van der Waals surface area (Å²) in [5, 5.41) is 5.55. The van der Waals surface area contributed by atoms with Crippen molar-refractivity contribution in [2.45, 2.75) is 13.0 Å². The number of benzene rings is 2. The van der Waals surface area contributed by atoms with Crippen LogP contribution in [0.3, 0.4) is 0 Å². The van der Waals surface area contributed by atoms with E-state index in [1.54, 1.807) is 42.5 Å². The van der Waals surface area contributed by atoms with Crippen LogP contribution in [0.4, 0.5) is 10.1 Å². The van der Waals surface area contributed by atoms with Gasteiger partial charge in [0.2, 0.25) is 11.8 Å². The molecule has 2 N–H and O–H groups in total. The fraction of sp³-hybridized carbons (Fsp3) is 0.125. The summed E-state index contributed by atoms with van der Waals surface area (Å²) < 4.78 is 13.4. The van der Waals surface area contributed by atoms with Gasteiger partial charge in [-0.1, -0.05) is 35.9 Å². The molecule has 0 heterocycles. The van der Waals surface area contributed by atoms with Gasteiger partial charge in [0, 0.05) is 22.8 Å². The number of carbonyl (C=O) groups is 2. The van der Waals surface area contributed by atoms with Crippen LogP contribution in [-0.4, -0.2) is 11.8 Å². The van der Waals surface area contributed by atoms with Crippen molar-refractivity contribution in [3.63, 3.8) is 0 Å². The first-order valence-corrected chi connectivity index (χ1v) is 6.98. The molecule has 0 fully saturated rings. The van der Waals surface area contributed by atoms with Crippen LogP contribution in [0.1, 0.15) is 12.0 Å². The Balaban J connectivity index is 1.82. The third-order valence-corrected chi connectivity index (χ3v) is 3.10. The Labute approximate surface area is 132 Å². The van der Waals surface area contributed by atoms with Crippen LogP contribution in [0, 0.1) is 5.82 Å². The maximum atomic E-state index is 13.4. The quantitative estimate of drug-likeness (QED) is 0.832. The molecular weight excluding hydrogens is 307 g/mol. The lowest BCUT2D eigenvalue weighted by Crippen LogP contribution is -2.28. The summed E-state index contributed by atoms with van der Waals surface area (Å²) >= 11 is 5.80. The van der Waals surface area contributed by atoms with Gasteiger partial charge < -0.3 is 10.6 Å². The number of carbonyl (C=O) groups excluding carboxylic acids is 2. The smallest absolute Gasteiger partial charge is 0.233 e. The number of hydrogen-bond donors (Lipinski definition) is 2.